The molecule has 1 aromatic heterocycles. The molecule has 0 spiro atoms. The van der Waals surface area contributed by atoms with Gasteiger partial charge in [-0.2, -0.15) is 0 Å². The van der Waals surface area contributed by atoms with E-state index in [-0.39, 0.29) is 24.0 Å². The SMILES string of the molecule is CCCCCCCC(=O)SCC/C=C(\F)[C@H]1CC(=O)NCc2nc(cs2)C2=N[C@@](C)(CS2)C(=O)N[C@@H](C(C)C)C(=O)O1. The molecule has 0 saturated carbocycles. The van der Waals surface area contributed by atoms with Crippen molar-refractivity contribution in [3.8, 4) is 0 Å². The first kappa shape index (κ1) is 34.2. The number of hydrogen-bond acceptors (Lipinski definition) is 10. The van der Waals surface area contributed by atoms with Crippen LogP contribution < -0.4 is 10.6 Å². The van der Waals surface area contributed by atoms with Crippen LogP contribution in [0.25, 0.3) is 0 Å². The summed E-state index contributed by atoms with van der Waals surface area (Å²) in [4.78, 5) is 60.6. The Balaban J connectivity index is 1.71. The van der Waals surface area contributed by atoms with Crippen LogP contribution in [0.2, 0.25) is 0 Å². The molecule has 0 unspecified atom stereocenters. The van der Waals surface area contributed by atoms with E-state index in [1.165, 1.54) is 35.6 Å². The number of amides is 2. The highest BCUT2D eigenvalue weighted by Gasteiger charge is 2.42. The number of hydrogen-bond donors (Lipinski definition) is 2. The Labute approximate surface area is 259 Å². The Hall–Kier alpha value is -2.25. The van der Waals surface area contributed by atoms with E-state index in [1.807, 2.05) is 5.38 Å². The van der Waals surface area contributed by atoms with Crippen LogP contribution in [0.3, 0.4) is 0 Å². The van der Waals surface area contributed by atoms with Gasteiger partial charge in [0.1, 0.15) is 33.2 Å². The molecule has 1 aromatic rings. The van der Waals surface area contributed by atoms with Gasteiger partial charge in [-0.05, 0) is 31.8 Å². The number of aromatic nitrogens is 1. The third-order valence-electron chi connectivity index (χ3n) is 6.88. The maximum atomic E-state index is 15.4. The lowest BCUT2D eigenvalue weighted by Crippen LogP contribution is -2.53. The highest BCUT2D eigenvalue weighted by Crippen LogP contribution is 2.32. The fourth-order valence-corrected chi connectivity index (χ4v) is 6.98. The molecule has 2 aliphatic rings. The molecule has 9 nitrogen and oxygen atoms in total. The molecule has 0 aliphatic carbocycles. The number of nitrogens with zero attached hydrogens (tertiary/aromatic N) is 2. The van der Waals surface area contributed by atoms with Crippen LogP contribution in [0.15, 0.2) is 22.3 Å². The van der Waals surface area contributed by atoms with Crippen molar-refractivity contribution in [2.24, 2.45) is 10.9 Å². The number of carbonyl (C=O) groups excluding carboxylic acids is 4. The first-order valence-electron chi connectivity index (χ1n) is 14.5. The lowest BCUT2D eigenvalue weighted by atomic mass is 10.0. The van der Waals surface area contributed by atoms with Gasteiger partial charge in [0.25, 0.3) is 0 Å². The first-order valence-corrected chi connectivity index (χ1v) is 17.3. The van der Waals surface area contributed by atoms with Crippen molar-refractivity contribution in [1.82, 2.24) is 15.6 Å². The summed E-state index contributed by atoms with van der Waals surface area (Å²) < 4.78 is 20.9. The Morgan fingerprint density at radius 2 is 2.02 bits per heavy atom. The van der Waals surface area contributed by atoms with Gasteiger partial charge in [0.15, 0.2) is 11.2 Å². The number of esters is 1. The molecule has 0 radical (unpaired) electrons. The predicted octanol–water partition coefficient (Wildman–Crippen LogP) is 5.33. The fourth-order valence-electron chi connectivity index (χ4n) is 4.30. The van der Waals surface area contributed by atoms with Gasteiger partial charge in [0, 0.05) is 23.3 Å². The number of thioether (sulfide) groups is 2. The smallest absolute Gasteiger partial charge is 0.329 e. The molecule has 3 heterocycles. The average Bonchev–Trinajstić information content (AvgIpc) is 3.59. The van der Waals surface area contributed by atoms with Gasteiger partial charge in [-0.15, -0.1) is 23.1 Å². The van der Waals surface area contributed by atoms with E-state index in [4.69, 9.17) is 4.74 Å². The molecule has 2 N–H and O–H groups in total. The van der Waals surface area contributed by atoms with Crippen molar-refractivity contribution in [2.45, 2.75) is 103 Å². The van der Waals surface area contributed by atoms with Gasteiger partial charge in [-0.3, -0.25) is 19.4 Å². The van der Waals surface area contributed by atoms with Crippen LogP contribution in [0.5, 0.6) is 0 Å². The summed E-state index contributed by atoms with van der Waals surface area (Å²) in [6, 6.07) is -1.07. The Morgan fingerprint density at radius 3 is 2.76 bits per heavy atom. The number of ether oxygens (including phenoxy) is 1. The van der Waals surface area contributed by atoms with Crippen molar-refractivity contribution >= 4 is 62.8 Å². The van der Waals surface area contributed by atoms with Crippen LogP contribution in [0.1, 0.15) is 89.8 Å². The van der Waals surface area contributed by atoms with Crippen molar-refractivity contribution < 1.29 is 28.3 Å². The van der Waals surface area contributed by atoms with Crippen LogP contribution in [-0.4, -0.2) is 62.1 Å². The number of rotatable bonds is 11. The van der Waals surface area contributed by atoms with Crippen LogP contribution in [0, 0.1) is 5.92 Å². The monoisotopic (exact) mass is 640 g/mol. The number of nitrogens with one attached hydrogen (secondary N) is 2. The maximum absolute atomic E-state index is 15.4. The van der Waals surface area contributed by atoms with Crippen molar-refractivity contribution in [3.05, 3.63) is 28.0 Å². The van der Waals surface area contributed by atoms with Gasteiger partial charge >= 0.3 is 5.97 Å². The Kier molecular flexibility index (Phi) is 13.5. The van der Waals surface area contributed by atoms with Crippen LogP contribution in [-0.2, 0) is 30.5 Å². The summed E-state index contributed by atoms with van der Waals surface area (Å²) >= 11 is 3.90. The van der Waals surface area contributed by atoms with Gasteiger partial charge in [0.05, 0.1) is 13.0 Å². The molecule has 3 rings (SSSR count). The Morgan fingerprint density at radius 1 is 1.26 bits per heavy atom. The molecular formula is C29H41FN4O5S3. The van der Waals surface area contributed by atoms with E-state index in [2.05, 4.69) is 27.5 Å². The van der Waals surface area contributed by atoms with Gasteiger partial charge in [-0.25, -0.2) is 14.2 Å². The van der Waals surface area contributed by atoms with Gasteiger partial charge < -0.3 is 15.4 Å². The lowest BCUT2D eigenvalue weighted by Gasteiger charge is -2.27. The van der Waals surface area contributed by atoms with Crippen LogP contribution in [0.4, 0.5) is 4.39 Å². The minimum absolute atomic E-state index is 0.0718. The summed E-state index contributed by atoms with van der Waals surface area (Å²) in [6.45, 7) is 7.45. The topological polar surface area (TPSA) is 127 Å². The van der Waals surface area contributed by atoms with E-state index in [0.29, 0.717) is 33.7 Å². The molecule has 0 fully saturated rings. The second kappa shape index (κ2) is 16.6. The highest BCUT2D eigenvalue weighted by molar-refractivity contribution is 8.14. The second-order valence-electron chi connectivity index (χ2n) is 11.0. The van der Waals surface area contributed by atoms with Crippen molar-refractivity contribution in [3.63, 3.8) is 0 Å². The molecule has 3 atom stereocenters. The van der Waals surface area contributed by atoms with E-state index >= 15 is 4.39 Å². The van der Waals surface area contributed by atoms with Gasteiger partial charge in [0.2, 0.25) is 11.8 Å². The third-order valence-corrected chi connectivity index (χ3v) is 9.98. The van der Waals surface area contributed by atoms with E-state index in [0.717, 1.165) is 37.4 Å². The standard InChI is InChI=1S/C29H41FN4O5S3/c1-5-6-7-8-9-12-24(36)40-13-10-11-19(30)21-14-22(35)31-15-23-32-20(16-41-23)26-34-29(4,17-42-26)28(38)33-25(18(2)3)27(37)39-21/h11,16,18,21,25H,5-10,12-15,17H2,1-4H3,(H,31,35)(H,33,38)/b19-11-/t21-,25+,29+/m1/s1. The average molecular weight is 641 g/mol. The maximum Gasteiger partial charge on any atom is 0.329 e. The fraction of sp³-hybridized carbons (Fsp3) is 0.655. The summed E-state index contributed by atoms with van der Waals surface area (Å²) in [7, 11) is 0. The quantitative estimate of drug-likeness (QED) is 0.246. The molecule has 0 saturated heterocycles. The van der Waals surface area contributed by atoms with Gasteiger partial charge in [-0.1, -0.05) is 58.2 Å². The summed E-state index contributed by atoms with van der Waals surface area (Å²) in [6.07, 6.45) is 5.38. The summed E-state index contributed by atoms with van der Waals surface area (Å²) in [5.41, 5.74) is -0.491. The molecule has 13 heteroatoms. The second-order valence-corrected chi connectivity index (χ2v) is 14.0. The number of carbonyl (C=O) groups is 4. The molecule has 0 aromatic carbocycles. The number of halogens is 1. The Bertz CT molecular complexity index is 1190. The van der Waals surface area contributed by atoms with E-state index < -0.39 is 47.7 Å². The summed E-state index contributed by atoms with van der Waals surface area (Å²) in [5.74, 6) is -2.18. The minimum Gasteiger partial charge on any atom is -0.453 e. The van der Waals surface area contributed by atoms with Crippen molar-refractivity contribution in [1.29, 1.82) is 0 Å². The molecule has 4 bridgehead atoms. The number of allylic oxidation sites excluding steroid dienone is 1. The normalized spacial score (nSPS) is 23.8. The number of fused-ring (bicyclic) bond motifs is 4. The molecule has 2 aliphatic heterocycles. The molecule has 232 valence electrons. The summed E-state index contributed by atoms with van der Waals surface area (Å²) in [5, 5.41) is 8.61. The number of unbranched alkanes of at least 4 members (excludes halogenated alkanes) is 4. The highest BCUT2D eigenvalue weighted by atomic mass is 32.2. The number of aliphatic imine (C=N–C) groups is 1. The van der Waals surface area contributed by atoms with E-state index in [9.17, 15) is 19.2 Å². The minimum atomic E-state index is -1.48. The third kappa shape index (κ3) is 10.2. The van der Waals surface area contributed by atoms with Crippen LogP contribution >= 0.6 is 34.9 Å². The molecule has 2 amide bonds. The zero-order chi connectivity index (χ0) is 30.7. The first-order chi connectivity index (χ1) is 20.0. The predicted molar refractivity (Wildman–Crippen MR) is 167 cm³/mol. The number of thiazole rings is 1. The number of cyclic esters (lactones) is 1. The molecular weight excluding hydrogens is 600 g/mol. The van der Waals surface area contributed by atoms with Crippen molar-refractivity contribution in [2.75, 3.05) is 11.5 Å². The lowest BCUT2D eigenvalue weighted by molar-refractivity contribution is -0.154. The largest absolute Gasteiger partial charge is 0.453 e. The van der Waals surface area contributed by atoms with E-state index in [1.54, 1.807) is 20.8 Å². The zero-order valence-corrected chi connectivity index (χ0v) is 27.2. The zero-order valence-electron chi connectivity index (χ0n) is 24.7. The molecule has 42 heavy (non-hydrogen) atoms.